The lowest BCUT2D eigenvalue weighted by atomic mass is 10.2. The Hall–Kier alpha value is -1.22. The number of nitrogens with one attached hydrogen (secondary N) is 1. The molecule has 0 aromatic heterocycles. The van der Waals surface area contributed by atoms with Gasteiger partial charge in [-0.25, -0.2) is 0 Å². The molecule has 0 aliphatic rings. The van der Waals surface area contributed by atoms with E-state index in [9.17, 15) is 4.79 Å². The molecule has 0 aliphatic heterocycles. The summed E-state index contributed by atoms with van der Waals surface area (Å²) in [6.07, 6.45) is 0.349. The molecule has 3 nitrogen and oxygen atoms in total. The van der Waals surface area contributed by atoms with Crippen LogP contribution in [0.25, 0.3) is 0 Å². The number of esters is 1. The van der Waals surface area contributed by atoms with Crippen LogP contribution >= 0.6 is 11.6 Å². The van der Waals surface area contributed by atoms with Crippen molar-refractivity contribution in [2.24, 2.45) is 0 Å². The summed E-state index contributed by atoms with van der Waals surface area (Å²) in [4.78, 5) is 10.8. The first-order valence-corrected chi connectivity index (χ1v) is 5.08. The zero-order valence-electron chi connectivity index (χ0n) is 8.84. The molecule has 1 aromatic carbocycles. The molecule has 0 saturated carbocycles. The molecular formula is C11H14ClNO2. The van der Waals surface area contributed by atoms with Crippen molar-refractivity contribution in [3.8, 4) is 0 Å². The lowest BCUT2D eigenvalue weighted by Crippen LogP contribution is -2.09. The van der Waals surface area contributed by atoms with Gasteiger partial charge >= 0.3 is 5.97 Å². The third-order valence-corrected chi connectivity index (χ3v) is 2.46. The number of aryl methyl sites for hydroxylation is 1. The van der Waals surface area contributed by atoms with Gasteiger partial charge in [-0.2, -0.15) is 0 Å². The monoisotopic (exact) mass is 227 g/mol. The highest BCUT2D eigenvalue weighted by Crippen LogP contribution is 2.19. The number of carbonyl (C=O) groups is 1. The van der Waals surface area contributed by atoms with Crippen molar-refractivity contribution in [2.75, 3.05) is 19.0 Å². The molecule has 0 atom stereocenters. The fourth-order valence-electron chi connectivity index (χ4n) is 1.11. The maximum atomic E-state index is 10.8. The first kappa shape index (κ1) is 11.9. The summed E-state index contributed by atoms with van der Waals surface area (Å²) in [6.45, 7) is 2.49. The average Bonchev–Trinajstić information content (AvgIpc) is 2.23. The normalized spacial score (nSPS) is 9.80. The minimum Gasteiger partial charge on any atom is -0.469 e. The second kappa shape index (κ2) is 5.61. The molecule has 1 rings (SSSR count). The van der Waals surface area contributed by atoms with E-state index in [1.807, 2.05) is 25.1 Å². The third kappa shape index (κ3) is 3.80. The molecule has 82 valence electrons. The Bertz CT molecular complexity index is 352. The highest BCUT2D eigenvalue weighted by Gasteiger charge is 2.00. The maximum absolute atomic E-state index is 10.8. The van der Waals surface area contributed by atoms with Gasteiger partial charge in [-0.1, -0.05) is 17.7 Å². The van der Waals surface area contributed by atoms with E-state index in [1.165, 1.54) is 7.11 Å². The second-order valence-corrected chi connectivity index (χ2v) is 3.62. The van der Waals surface area contributed by atoms with Crippen LogP contribution < -0.4 is 5.32 Å². The second-order valence-electron chi connectivity index (χ2n) is 3.22. The molecule has 0 saturated heterocycles. The average molecular weight is 228 g/mol. The summed E-state index contributed by atoms with van der Waals surface area (Å²) < 4.78 is 4.53. The van der Waals surface area contributed by atoms with Crippen LogP contribution in [0.3, 0.4) is 0 Å². The van der Waals surface area contributed by atoms with Gasteiger partial charge in [-0.15, -0.1) is 0 Å². The molecule has 4 heteroatoms. The molecule has 1 N–H and O–H groups in total. The van der Waals surface area contributed by atoms with E-state index >= 15 is 0 Å². The first-order valence-electron chi connectivity index (χ1n) is 4.70. The van der Waals surface area contributed by atoms with E-state index in [0.717, 1.165) is 16.3 Å². The number of anilines is 1. The van der Waals surface area contributed by atoms with Crippen LogP contribution in [0, 0.1) is 6.92 Å². The Morgan fingerprint density at radius 3 is 2.87 bits per heavy atom. The molecule has 0 aliphatic carbocycles. The minimum atomic E-state index is -0.222. The molecule has 0 radical (unpaired) electrons. The minimum absolute atomic E-state index is 0.222. The van der Waals surface area contributed by atoms with Gasteiger partial charge in [-0.05, 0) is 24.6 Å². The number of hydrogen-bond acceptors (Lipinski definition) is 3. The molecular weight excluding hydrogens is 214 g/mol. The van der Waals surface area contributed by atoms with Crippen molar-refractivity contribution < 1.29 is 9.53 Å². The summed E-state index contributed by atoms with van der Waals surface area (Å²) in [6, 6.07) is 5.70. The van der Waals surface area contributed by atoms with Crippen LogP contribution in [0.5, 0.6) is 0 Å². The lowest BCUT2D eigenvalue weighted by Gasteiger charge is -2.06. The number of methoxy groups -OCH3 is 1. The van der Waals surface area contributed by atoms with Crippen LogP contribution in [0.1, 0.15) is 12.0 Å². The van der Waals surface area contributed by atoms with Gasteiger partial charge < -0.3 is 10.1 Å². The number of carbonyl (C=O) groups excluding carboxylic acids is 1. The van der Waals surface area contributed by atoms with Gasteiger partial charge in [0.05, 0.1) is 13.5 Å². The van der Waals surface area contributed by atoms with E-state index in [-0.39, 0.29) is 5.97 Å². The van der Waals surface area contributed by atoms with E-state index in [2.05, 4.69) is 10.1 Å². The van der Waals surface area contributed by atoms with E-state index in [4.69, 9.17) is 11.6 Å². The highest BCUT2D eigenvalue weighted by atomic mass is 35.5. The van der Waals surface area contributed by atoms with Gasteiger partial charge in [0.25, 0.3) is 0 Å². The van der Waals surface area contributed by atoms with Crippen molar-refractivity contribution in [1.29, 1.82) is 0 Å². The molecule has 1 aromatic rings. The Morgan fingerprint density at radius 2 is 2.27 bits per heavy atom. The molecule has 15 heavy (non-hydrogen) atoms. The van der Waals surface area contributed by atoms with Crippen molar-refractivity contribution in [1.82, 2.24) is 0 Å². The fourth-order valence-corrected chi connectivity index (χ4v) is 1.29. The van der Waals surface area contributed by atoms with Crippen LogP contribution in [0.2, 0.25) is 5.02 Å². The lowest BCUT2D eigenvalue weighted by molar-refractivity contribution is -0.140. The predicted molar refractivity (Wildman–Crippen MR) is 61.3 cm³/mol. The highest BCUT2D eigenvalue weighted by molar-refractivity contribution is 6.31. The summed E-state index contributed by atoms with van der Waals surface area (Å²) >= 11 is 5.95. The SMILES string of the molecule is COC(=O)CCNc1ccc(C)c(Cl)c1. The van der Waals surface area contributed by atoms with E-state index in [0.29, 0.717) is 13.0 Å². The molecule has 0 bridgehead atoms. The van der Waals surface area contributed by atoms with Crippen molar-refractivity contribution in [2.45, 2.75) is 13.3 Å². The van der Waals surface area contributed by atoms with Gasteiger partial charge in [0.2, 0.25) is 0 Å². The molecule has 0 amide bonds. The van der Waals surface area contributed by atoms with E-state index < -0.39 is 0 Å². The Kier molecular flexibility index (Phi) is 4.43. The number of ether oxygens (including phenoxy) is 1. The Balaban J connectivity index is 2.44. The van der Waals surface area contributed by atoms with Crippen molar-refractivity contribution in [3.05, 3.63) is 28.8 Å². The van der Waals surface area contributed by atoms with Crippen LogP contribution in [-0.2, 0) is 9.53 Å². The zero-order valence-corrected chi connectivity index (χ0v) is 9.60. The number of hydrogen-bond donors (Lipinski definition) is 1. The number of benzene rings is 1. The fraction of sp³-hybridized carbons (Fsp3) is 0.364. The quantitative estimate of drug-likeness (QED) is 0.804. The number of rotatable bonds is 4. The van der Waals surface area contributed by atoms with Crippen LogP contribution in [-0.4, -0.2) is 19.6 Å². The summed E-state index contributed by atoms with van der Waals surface area (Å²) in [5.41, 5.74) is 1.95. The Morgan fingerprint density at radius 1 is 1.53 bits per heavy atom. The summed E-state index contributed by atoms with van der Waals surface area (Å²) in [5.74, 6) is -0.222. The zero-order chi connectivity index (χ0) is 11.3. The molecule has 0 unspecified atom stereocenters. The first-order chi connectivity index (χ1) is 7.13. The van der Waals surface area contributed by atoms with Crippen molar-refractivity contribution in [3.63, 3.8) is 0 Å². The summed E-state index contributed by atoms with van der Waals surface area (Å²) in [5, 5.41) is 3.81. The summed E-state index contributed by atoms with van der Waals surface area (Å²) in [7, 11) is 1.38. The third-order valence-electron chi connectivity index (χ3n) is 2.06. The topological polar surface area (TPSA) is 38.3 Å². The number of halogens is 1. The molecule has 0 heterocycles. The Labute approximate surface area is 94.4 Å². The van der Waals surface area contributed by atoms with Crippen LogP contribution in [0.15, 0.2) is 18.2 Å². The van der Waals surface area contributed by atoms with Gasteiger partial charge in [0.1, 0.15) is 0 Å². The smallest absolute Gasteiger partial charge is 0.307 e. The van der Waals surface area contributed by atoms with Gasteiger partial charge in [0, 0.05) is 17.3 Å². The van der Waals surface area contributed by atoms with Gasteiger partial charge in [-0.3, -0.25) is 4.79 Å². The standard InChI is InChI=1S/C11H14ClNO2/c1-8-3-4-9(7-10(8)12)13-6-5-11(14)15-2/h3-4,7,13H,5-6H2,1-2H3. The van der Waals surface area contributed by atoms with Crippen molar-refractivity contribution >= 4 is 23.3 Å². The van der Waals surface area contributed by atoms with Crippen LogP contribution in [0.4, 0.5) is 5.69 Å². The largest absolute Gasteiger partial charge is 0.469 e. The molecule has 0 fully saturated rings. The van der Waals surface area contributed by atoms with E-state index in [1.54, 1.807) is 0 Å². The van der Waals surface area contributed by atoms with Gasteiger partial charge in [0.15, 0.2) is 0 Å². The maximum Gasteiger partial charge on any atom is 0.307 e. The molecule has 0 spiro atoms. The predicted octanol–water partition coefficient (Wildman–Crippen LogP) is 2.62.